The number of sulfonamides is 1. The number of nitrogens with one attached hydrogen (secondary N) is 1. The largest absolute Gasteiger partial charge is 0.417 e. The molecule has 3 aromatic rings. The molecule has 8 heteroatoms. The summed E-state index contributed by atoms with van der Waals surface area (Å²) in [5.41, 5.74) is 6.29. The van der Waals surface area contributed by atoms with Gasteiger partial charge in [-0.3, -0.25) is 0 Å². The number of halogens is 3. The van der Waals surface area contributed by atoms with Gasteiger partial charge in [-0.1, -0.05) is 72.8 Å². The van der Waals surface area contributed by atoms with E-state index in [2.05, 4.69) is 4.72 Å². The van der Waals surface area contributed by atoms with Gasteiger partial charge in [-0.05, 0) is 23.3 Å². The molecule has 0 radical (unpaired) electrons. The number of rotatable bonds is 6. The normalized spacial score (nSPS) is 14.3. The molecule has 4 nitrogen and oxygen atoms in total. The van der Waals surface area contributed by atoms with Gasteiger partial charge in [0.15, 0.2) is 0 Å². The minimum absolute atomic E-state index is 0.539. The first kappa shape index (κ1) is 21.0. The van der Waals surface area contributed by atoms with Crippen molar-refractivity contribution in [3.8, 4) is 0 Å². The van der Waals surface area contributed by atoms with Crippen molar-refractivity contribution in [2.75, 3.05) is 0 Å². The summed E-state index contributed by atoms with van der Waals surface area (Å²) < 4.78 is 68.3. The molecule has 3 aromatic carbocycles. The number of hydrogen-bond acceptors (Lipinski definition) is 3. The highest BCUT2D eigenvalue weighted by Crippen LogP contribution is 2.35. The molecule has 3 N–H and O–H groups in total. The maximum atomic E-state index is 13.3. The summed E-state index contributed by atoms with van der Waals surface area (Å²) in [6.45, 7) is 0. The molecule has 2 atom stereocenters. The van der Waals surface area contributed by atoms with Gasteiger partial charge in [-0.15, -0.1) is 0 Å². The van der Waals surface area contributed by atoms with Crippen molar-refractivity contribution in [1.29, 1.82) is 0 Å². The Labute approximate surface area is 167 Å². The molecule has 29 heavy (non-hydrogen) atoms. The SMILES string of the molecule is N[C@H](c1ccccc1)[C@H](NS(=O)(=O)c1ccccc1C(F)(F)F)c1ccccc1. The Kier molecular flexibility index (Phi) is 6.07. The van der Waals surface area contributed by atoms with E-state index in [9.17, 15) is 21.6 Å². The van der Waals surface area contributed by atoms with Crippen molar-refractivity contribution in [2.24, 2.45) is 5.73 Å². The Morgan fingerprint density at radius 2 is 1.24 bits per heavy atom. The molecule has 0 amide bonds. The van der Waals surface area contributed by atoms with Gasteiger partial charge in [-0.2, -0.15) is 13.2 Å². The van der Waals surface area contributed by atoms with E-state index in [1.54, 1.807) is 60.7 Å². The molecule has 0 spiro atoms. The number of benzene rings is 3. The molecule has 0 unspecified atom stereocenters. The van der Waals surface area contributed by atoms with Crippen LogP contribution in [0.4, 0.5) is 13.2 Å². The van der Waals surface area contributed by atoms with E-state index in [4.69, 9.17) is 5.73 Å². The highest BCUT2D eigenvalue weighted by atomic mass is 32.2. The zero-order valence-electron chi connectivity index (χ0n) is 15.2. The summed E-state index contributed by atoms with van der Waals surface area (Å²) in [6, 6.07) is 19.6. The first-order valence-electron chi connectivity index (χ1n) is 8.74. The van der Waals surface area contributed by atoms with E-state index < -0.39 is 38.7 Å². The van der Waals surface area contributed by atoms with Crippen molar-refractivity contribution in [2.45, 2.75) is 23.2 Å². The van der Waals surface area contributed by atoms with Crippen LogP contribution in [0.3, 0.4) is 0 Å². The van der Waals surface area contributed by atoms with Gasteiger partial charge in [0, 0.05) is 0 Å². The molecule has 0 heterocycles. The van der Waals surface area contributed by atoms with Crippen molar-refractivity contribution in [1.82, 2.24) is 4.72 Å². The summed E-state index contributed by atoms with van der Waals surface area (Å²) in [6.07, 6.45) is -4.81. The summed E-state index contributed by atoms with van der Waals surface area (Å²) in [7, 11) is -4.52. The molecule has 0 bridgehead atoms. The maximum Gasteiger partial charge on any atom is 0.417 e. The van der Waals surface area contributed by atoms with E-state index in [0.717, 1.165) is 18.2 Å². The van der Waals surface area contributed by atoms with Gasteiger partial charge in [0.05, 0.1) is 22.5 Å². The molecule has 152 valence electrons. The van der Waals surface area contributed by atoms with Crippen LogP contribution in [0.1, 0.15) is 28.8 Å². The molecule has 0 aliphatic rings. The molecule has 0 saturated carbocycles. The second-order valence-electron chi connectivity index (χ2n) is 6.44. The maximum absolute atomic E-state index is 13.3. The standard InChI is InChI=1S/C21H19F3N2O2S/c22-21(23,24)17-13-7-8-14-18(17)29(27,28)26-20(16-11-5-2-6-12-16)19(25)15-9-3-1-4-10-15/h1-14,19-20,26H,25H2/t19-,20-/m1/s1. The van der Waals surface area contributed by atoms with Crippen LogP contribution in [-0.4, -0.2) is 8.42 Å². The highest BCUT2D eigenvalue weighted by molar-refractivity contribution is 7.89. The quantitative estimate of drug-likeness (QED) is 0.620. The van der Waals surface area contributed by atoms with E-state index >= 15 is 0 Å². The Morgan fingerprint density at radius 3 is 1.79 bits per heavy atom. The molecule has 0 aliphatic heterocycles. The third-order valence-corrected chi connectivity index (χ3v) is 5.97. The third-order valence-electron chi connectivity index (χ3n) is 4.47. The van der Waals surface area contributed by atoms with Crippen LogP contribution >= 0.6 is 0 Å². The predicted octanol–water partition coefficient (Wildman–Crippen LogP) is 4.43. The van der Waals surface area contributed by atoms with Crippen molar-refractivity contribution in [3.63, 3.8) is 0 Å². The van der Waals surface area contributed by atoms with Crippen molar-refractivity contribution >= 4 is 10.0 Å². The fourth-order valence-electron chi connectivity index (χ4n) is 3.04. The smallest absolute Gasteiger partial charge is 0.322 e. The van der Waals surface area contributed by atoms with Crippen LogP contribution in [-0.2, 0) is 16.2 Å². The summed E-state index contributed by atoms with van der Waals surface area (Å²) in [4.78, 5) is -0.839. The minimum Gasteiger partial charge on any atom is -0.322 e. The van der Waals surface area contributed by atoms with Crippen LogP contribution in [0.25, 0.3) is 0 Å². The van der Waals surface area contributed by atoms with Crippen molar-refractivity contribution in [3.05, 3.63) is 102 Å². The molecule has 0 aliphatic carbocycles. The van der Waals surface area contributed by atoms with Gasteiger partial charge >= 0.3 is 6.18 Å². The Balaban J connectivity index is 2.05. The minimum atomic E-state index is -4.81. The molecular formula is C21H19F3N2O2S. The van der Waals surface area contributed by atoms with E-state index in [0.29, 0.717) is 11.1 Å². The number of hydrogen-bond donors (Lipinski definition) is 2. The van der Waals surface area contributed by atoms with Gasteiger partial charge in [0.1, 0.15) is 0 Å². The van der Waals surface area contributed by atoms with Gasteiger partial charge < -0.3 is 5.73 Å². The fourth-order valence-corrected chi connectivity index (χ4v) is 4.52. The second kappa shape index (κ2) is 8.36. The Bertz CT molecular complexity index is 1060. The highest BCUT2D eigenvalue weighted by Gasteiger charge is 2.38. The lowest BCUT2D eigenvalue weighted by atomic mass is 9.95. The zero-order chi connectivity index (χ0) is 21.1. The first-order chi connectivity index (χ1) is 13.7. The van der Waals surface area contributed by atoms with E-state index in [1.807, 2.05) is 0 Å². The van der Waals surface area contributed by atoms with Gasteiger partial charge in [-0.25, -0.2) is 13.1 Å². The third kappa shape index (κ3) is 4.84. The molecule has 0 saturated heterocycles. The van der Waals surface area contributed by atoms with E-state index in [-0.39, 0.29) is 0 Å². The zero-order valence-corrected chi connectivity index (χ0v) is 16.0. The molecular weight excluding hydrogens is 401 g/mol. The predicted molar refractivity (Wildman–Crippen MR) is 104 cm³/mol. The van der Waals surface area contributed by atoms with Crippen LogP contribution < -0.4 is 10.5 Å². The Morgan fingerprint density at radius 1 is 0.759 bits per heavy atom. The molecule has 0 aromatic heterocycles. The fraction of sp³-hybridized carbons (Fsp3) is 0.143. The number of nitrogens with two attached hydrogens (primary N) is 1. The van der Waals surface area contributed by atoms with Crippen LogP contribution in [0.2, 0.25) is 0 Å². The lowest BCUT2D eigenvalue weighted by molar-refractivity contribution is -0.139. The van der Waals surface area contributed by atoms with Crippen LogP contribution in [0.15, 0.2) is 89.8 Å². The van der Waals surface area contributed by atoms with Crippen LogP contribution in [0, 0.1) is 0 Å². The summed E-state index contributed by atoms with van der Waals surface area (Å²) in [5, 5.41) is 0. The monoisotopic (exact) mass is 420 g/mol. The topological polar surface area (TPSA) is 72.2 Å². The van der Waals surface area contributed by atoms with E-state index in [1.165, 1.54) is 6.07 Å². The summed E-state index contributed by atoms with van der Waals surface area (Å²) in [5.74, 6) is 0. The van der Waals surface area contributed by atoms with Crippen molar-refractivity contribution < 1.29 is 21.6 Å². The van der Waals surface area contributed by atoms with Crippen LogP contribution in [0.5, 0.6) is 0 Å². The van der Waals surface area contributed by atoms with Gasteiger partial charge in [0.2, 0.25) is 10.0 Å². The van der Waals surface area contributed by atoms with Gasteiger partial charge in [0.25, 0.3) is 0 Å². The lowest BCUT2D eigenvalue weighted by Gasteiger charge is -2.26. The summed E-state index contributed by atoms with van der Waals surface area (Å²) >= 11 is 0. The number of alkyl halides is 3. The lowest BCUT2D eigenvalue weighted by Crippen LogP contribution is -2.36. The average molecular weight is 420 g/mol. The Hall–Kier alpha value is -2.68. The molecule has 0 fully saturated rings. The first-order valence-corrected chi connectivity index (χ1v) is 10.2. The molecule has 3 rings (SSSR count). The average Bonchev–Trinajstić information content (AvgIpc) is 2.72. The second-order valence-corrected chi connectivity index (χ2v) is 8.12.